The van der Waals surface area contributed by atoms with E-state index < -0.39 is 0 Å². The number of carbonyl (C=O) groups is 1. The number of ether oxygens (including phenoxy) is 1. The van der Waals surface area contributed by atoms with Crippen molar-refractivity contribution >= 4 is 5.97 Å². The minimum atomic E-state index is -0.313. The van der Waals surface area contributed by atoms with Crippen molar-refractivity contribution in [2.24, 2.45) is 0 Å². The Labute approximate surface area is 92.8 Å². The largest absolute Gasteiger partial charge is 0.466 e. The number of unbranched alkanes of at least 4 members (excludes halogenated alkanes) is 3. The molecule has 1 atom stereocenters. The summed E-state index contributed by atoms with van der Waals surface area (Å²) < 4.78 is 4.89. The molecular weight excluding hydrogens is 192 g/mol. The van der Waals surface area contributed by atoms with E-state index in [1.807, 2.05) is 0 Å². The van der Waals surface area contributed by atoms with Gasteiger partial charge in [0.05, 0.1) is 12.7 Å². The maximum Gasteiger partial charge on any atom is 0.305 e. The van der Waals surface area contributed by atoms with Crippen LogP contribution in [0, 0.1) is 0 Å². The number of aliphatic hydroxyl groups is 1. The lowest BCUT2D eigenvalue weighted by Crippen LogP contribution is -2.12. The Kier molecular flexibility index (Phi) is 9.59. The lowest BCUT2D eigenvalue weighted by molar-refractivity contribution is -0.143. The topological polar surface area (TPSA) is 46.5 Å². The molecule has 0 spiro atoms. The van der Waals surface area contributed by atoms with Crippen molar-refractivity contribution in [1.82, 2.24) is 0 Å². The standard InChI is InChI=1S/C12H24O3/c1-3-5-6-7-8-11(13)9-10-15-12(14)4-2/h11,13H,3-10H2,1-2H3. The van der Waals surface area contributed by atoms with Crippen molar-refractivity contribution in [3.8, 4) is 0 Å². The van der Waals surface area contributed by atoms with E-state index in [0.29, 0.717) is 19.4 Å². The third-order valence-electron chi connectivity index (χ3n) is 2.39. The zero-order valence-corrected chi connectivity index (χ0v) is 10.00. The lowest BCUT2D eigenvalue weighted by Gasteiger charge is -2.10. The number of aliphatic hydroxyl groups excluding tert-OH is 1. The van der Waals surface area contributed by atoms with Gasteiger partial charge in [-0.15, -0.1) is 0 Å². The molecule has 0 aromatic heterocycles. The molecule has 1 N–H and O–H groups in total. The summed E-state index contributed by atoms with van der Waals surface area (Å²) in [6, 6.07) is 0. The zero-order valence-electron chi connectivity index (χ0n) is 10.00. The average Bonchev–Trinajstić information content (AvgIpc) is 2.24. The summed E-state index contributed by atoms with van der Waals surface area (Å²) in [6.07, 6.45) is 6.18. The van der Waals surface area contributed by atoms with Gasteiger partial charge < -0.3 is 9.84 Å². The van der Waals surface area contributed by atoms with Crippen molar-refractivity contribution in [1.29, 1.82) is 0 Å². The van der Waals surface area contributed by atoms with Crippen molar-refractivity contribution in [3.63, 3.8) is 0 Å². The van der Waals surface area contributed by atoms with Gasteiger partial charge in [0.15, 0.2) is 0 Å². The maximum atomic E-state index is 10.8. The van der Waals surface area contributed by atoms with Gasteiger partial charge in [-0.1, -0.05) is 39.5 Å². The molecule has 0 saturated carbocycles. The van der Waals surface area contributed by atoms with Crippen LogP contribution in [0.4, 0.5) is 0 Å². The molecule has 0 aromatic rings. The van der Waals surface area contributed by atoms with E-state index in [1.54, 1.807) is 6.92 Å². The van der Waals surface area contributed by atoms with E-state index in [1.165, 1.54) is 19.3 Å². The summed E-state index contributed by atoms with van der Waals surface area (Å²) in [5, 5.41) is 9.54. The number of hydrogen-bond acceptors (Lipinski definition) is 3. The summed E-state index contributed by atoms with van der Waals surface area (Å²) >= 11 is 0. The molecule has 0 fully saturated rings. The van der Waals surface area contributed by atoms with Gasteiger partial charge in [0.1, 0.15) is 0 Å². The summed E-state index contributed by atoms with van der Waals surface area (Å²) in [5.41, 5.74) is 0. The van der Waals surface area contributed by atoms with E-state index in [9.17, 15) is 9.90 Å². The fourth-order valence-corrected chi connectivity index (χ4v) is 1.36. The van der Waals surface area contributed by atoms with Crippen LogP contribution < -0.4 is 0 Å². The summed E-state index contributed by atoms with van der Waals surface area (Å²) in [4.78, 5) is 10.8. The zero-order chi connectivity index (χ0) is 11.5. The Balaban J connectivity index is 3.25. The van der Waals surface area contributed by atoms with Crippen LogP contribution in [0.5, 0.6) is 0 Å². The van der Waals surface area contributed by atoms with Gasteiger partial charge in [-0.05, 0) is 6.42 Å². The van der Waals surface area contributed by atoms with Crippen molar-refractivity contribution in [2.75, 3.05) is 6.61 Å². The minimum Gasteiger partial charge on any atom is -0.466 e. The van der Waals surface area contributed by atoms with Crippen molar-refractivity contribution in [3.05, 3.63) is 0 Å². The molecule has 0 bridgehead atoms. The second-order valence-electron chi connectivity index (χ2n) is 3.87. The molecule has 0 aliphatic rings. The monoisotopic (exact) mass is 216 g/mol. The highest BCUT2D eigenvalue weighted by Gasteiger charge is 2.05. The quantitative estimate of drug-likeness (QED) is 0.476. The van der Waals surface area contributed by atoms with Crippen LogP contribution in [-0.2, 0) is 9.53 Å². The molecule has 0 rings (SSSR count). The third kappa shape index (κ3) is 9.73. The first-order valence-corrected chi connectivity index (χ1v) is 6.04. The van der Waals surface area contributed by atoms with Crippen LogP contribution in [-0.4, -0.2) is 23.8 Å². The van der Waals surface area contributed by atoms with Crippen LogP contribution >= 0.6 is 0 Å². The predicted octanol–water partition coefficient (Wildman–Crippen LogP) is 2.66. The second-order valence-corrected chi connectivity index (χ2v) is 3.87. The average molecular weight is 216 g/mol. The predicted molar refractivity (Wildman–Crippen MR) is 60.6 cm³/mol. The van der Waals surface area contributed by atoms with Gasteiger partial charge in [-0.25, -0.2) is 0 Å². The van der Waals surface area contributed by atoms with Gasteiger partial charge in [0, 0.05) is 12.8 Å². The van der Waals surface area contributed by atoms with E-state index in [4.69, 9.17) is 4.74 Å². The van der Waals surface area contributed by atoms with Crippen LogP contribution in [0.1, 0.15) is 58.8 Å². The molecule has 0 aliphatic carbocycles. The normalized spacial score (nSPS) is 12.5. The highest BCUT2D eigenvalue weighted by molar-refractivity contribution is 5.68. The molecule has 0 amide bonds. The molecule has 0 aliphatic heterocycles. The Morgan fingerprint density at radius 1 is 1.20 bits per heavy atom. The second kappa shape index (κ2) is 9.97. The molecular formula is C12H24O3. The lowest BCUT2D eigenvalue weighted by atomic mass is 10.1. The molecule has 0 radical (unpaired) electrons. The van der Waals surface area contributed by atoms with Crippen LogP contribution in [0.25, 0.3) is 0 Å². The molecule has 0 saturated heterocycles. The van der Waals surface area contributed by atoms with E-state index >= 15 is 0 Å². The Morgan fingerprint density at radius 2 is 1.93 bits per heavy atom. The van der Waals surface area contributed by atoms with Crippen molar-refractivity contribution in [2.45, 2.75) is 64.9 Å². The number of rotatable bonds is 9. The van der Waals surface area contributed by atoms with Crippen LogP contribution in [0.15, 0.2) is 0 Å². The molecule has 0 heterocycles. The molecule has 1 unspecified atom stereocenters. The van der Waals surface area contributed by atoms with Crippen LogP contribution in [0.3, 0.4) is 0 Å². The van der Waals surface area contributed by atoms with Gasteiger partial charge in [-0.2, -0.15) is 0 Å². The van der Waals surface area contributed by atoms with E-state index in [-0.39, 0.29) is 12.1 Å². The number of esters is 1. The molecule has 15 heavy (non-hydrogen) atoms. The SMILES string of the molecule is CCCCCCC(O)CCOC(=O)CC. The van der Waals surface area contributed by atoms with Gasteiger partial charge in [0.25, 0.3) is 0 Å². The fourth-order valence-electron chi connectivity index (χ4n) is 1.36. The van der Waals surface area contributed by atoms with Gasteiger partial charge >= 0.3 is 5.97 Å². The highest BCUT2D eigenvalue weighted by Crippen LogP contribution is 2.08. The minimum absolute atomic E-state index is 0.187. The maximum absolute atomic E-state index is 10.8. The molecule has 0 aromatic carbocycles. The smallest absolute Gasteiger partial charge is 0.305 e. The fraction of sp³-hybridized carbons (Fsp3) is 0.917. The molecule has 90 valence electrons. The molecule has 3 nitrogen and oxygen atoms in total. The Hall–Kier alpha value is -0.570. The first-order chi connectivity index (χ1) is 7.20. The van der Waals surface area contributed by atoms with Crippen LogP contribution in [0.2, 0.25) is 0 Å². The van der Waals surface area contributed by atoms with Crippen molar-refractivity contribution < 1.29 is 14.6 Å². The van der Waals surface area contributed by atoms with Gasteiger partial charge in [-0.3, -0.25) is 4.79 Å². The van der Waals surface area contributed by atoms with Gasteiger partial charge in [0.2, 0.25) is 0 Å². The number of hydrogen-bond donors (Lipinski definition) is 1. The first kappa shape index (κ1) is 14.4. The highest BCUT2D eigenvalue weighted by atomic mass is 16.5. The summed E-state index contributed by atoms with van der Waals surface area (Å²) in [7, 11) is 0. The molecule has 3 heteroatoms. The summed E-state index contributed by atoms with van der Waals surface area (Å²) in [6.45, 7) is 4.28. The first-order valence-electron chi connectivity index (χ1n) is 6.04. The number of carbonyl (C=O) groups excluding carboxylic acids is 1. The van der Waals surface area contributed by atoms with E-state index in [0.717, 1.165) is 12.8 Å². The Bertz CT molecular complexity index is 157. The third-order valence-corrected chi connectivity index (χ3v) is 2.39. The summed E-state index contributed by atoms with van der Waals surface area (Å²) in [5.74, 6) is -0.187. The van der Waals surface area contributed by atoms with E-state index in [2.05, 4.69) is 6.92 Å². The Morgan fingerprint density at radius 3 is 2.53 bits per heavy atom.